The van der Waals surface area contributed by atoms with Crippen LogP contribution in [0.4, 0.5) is 5.69 Å². The van der Waals surface area contributed by atoms with Gasteiger partial charge in [-0.1, -0.05) is 30.8 Å². The smallest absolute Gasteiger partial charge is 0.238 e. The van der Waals surface area contributed by atoms with E-state index in [1.54, 1.807) is 7.11 Å². The summed E-state index contributed by atoms with van der Waals surface area (Å²) in [6.45, 7) is 1.96. The summed E-state index contributed by atoms with van der Waals surface area (Å²) in [5, 5.41) is 12.8. The lowest BCUT2D eigenvalue weighted by atomic mass is 9.95. The van der Waals surface area contributed by atoms with Gasteiger partial charge in [0, 0.05) is 5.69 Å². The van der Waals surface area contributed by atoms with Crippen LogP contribution in [0.2, 0.25) is 0 Å². The first-order chi connectivity index (χ1) is 13.2. The van der Waals surface area contributed by atoms with E-state index in [4.69, 9.17) is 9.72 Å². The molecule has 1 unspecified atom stereocenters. The number of nitrogens with zero attached hydrogens (tertiary/aromatic N) is 2. The molecule has 1 aromatic heterocycles. The van der Waals surface area contributed by atoms with E-state index in [-0.39, 0.29) is 11.2 Å². The topological polar surface area (TPSA) is 75.0 Å². The van der Waals surface area contributed by atoms with Gasteiger partial charge in [0.15, 0.2) is 0 Å². The summed E-state index contributed by atoms with van der Waals surface area (Å²) < 4.78 is 5.30. The molecule has 1 atom stereocenters. The van der Waals surface area contributed by atoms with Gasteiger partial charge in [-0.25, -0.2) is 4.98 Å². The van der Waals surface area contributed by atoms with Crippen LogP contribution in [0.15, 0.2) is 35.4 Å². The Balaban J connectivity index is 1.80. The van der Waals surface area contributed by atoms with E-state index in [9.17, 15) is 10.1 Å². The number of nitriles is 1. The number of thioether (sulfide) groups is 1. The fraction of sp³-hybridized carbons (Fsp3) is 0.381. The van der Waals surface area contributed by atoms with Gasteiger partial charge >= 0.3 is 0 Å². The number of methoxy groups -OCH3 is 1. The molecule has 140 valence electrons. The number of hydrogen-bond acceptors (Lipinski definition) is 5. The first kappa shape index (κ1) is 19.2. The van der Waals surface area contributed by atoms with E-state index in [1.807, 2.05) is 37.3 Å². The van der Waals surface area contributed by atoms with Crippen LogP contribution in [0.5, 0.6) is 5.75 Å². The summed E-state index contributed by atoms with van der Waals surface area (Å²) in [5.74, 6) is 0.505. The lowest BCUT2D eigenvalue weighted by Crippen LogP contribution is -2.25. The molecule has 1 aromatic carbocycles. The van der Waals surface area contributed by atoms with E-state index in [0.717, 1.165) is 31.4 Å². The Morgan fingerprint density at radius 3 is 2.89 bits per heavy atom. The molecule has 6 heteroatoms. The van der Waals surface area contributed by atoms with Crippen molar-refractivity contribution in [3.63, 3.8) is 0 Å². The number of fused-ring (bicyclic) bond motifs is 1. The number of aromatic nitrogens is 1. The maximum atomic E-state index is 12.8. The van der Waals surface area contributed by atoms with Crippen LogP contribution < -0.4 is 10.1 Å². The number of benzene rings is 1. The highest BCUT2D eigenvalue weighted by atomic mass is 32.2. The highest BCUT2D eigenvalue weighted by Crippen LogP contribution is 2.32. The molecule has 1 heterocycles. The molecule has 5 nitrogen and oxygen atoms in total. The van der Waals surface area contributed by atoms with E-state index < -0.39 is 0 Å². The highest BCUT2D eigenvalue weighted by Gasteiger charge is 2.23. The van der Waals surface area contributed by atoms with Crippen molar-refractivity contribution in [2.45, 2.75) is 49.3 Å². The van der Waals surface area contributed by atoms with Gasteiger partial charge in [0.1, 0.15) is 16.8 Å². The van der Waals surface area contributed by atoms with E-state index >= 15 is 0 Å². The summed E-state index contributed by atoms with van der Waals surface area (Å²) in [6, 6.07) is 11.5. The lowest BCUT2D eigenvalue weighted by Gasteiger charge is -2.19. The van der Waals surface area contributed by atoms with Crippen LogP contribution >= 0.6 is 11.8 Å². The summed E-state index contributed by atoms with van der Waals surface area (Å²) in [5.41, 5.74) is 3.45. The minimum absolute atomic E-state index is 0.115. The second-order valence-corrected chi connectivity index (χ2v) is 7.66. The van der Waals surface area contributed by atoms with Crippen LogP contribution in [-0.2, 0) is 17.6 Å². The Kier molecular flexibility index (Phi) is 6.36. The minimum atomic E-state index is -0.337. The number of para-hydroxylation sites is 2. The normalized spacial score (nSPS) is 14.0. The highest BCUT2D eigenvalue weighted by molar-refractivity contribution is 8.00. The largest absolute Gasteiger partial charge is 0.495 e. The summed E-state index contributed by atoms with van der Waals surface area (Å²) in [4.78, 5) is 17.5. The Morgan fingerprint density at radius 1 is 1.37 bits per heavy atom. The van der Waals surface area contributed by atoms with Crippen LogP contribution in [0.25, 0.3) is 0 Å². The monoisotopic (exact) mass is 381 g/mol. The molecule has 0 radical (unpaired) electrons. The zero-order valence-corrected chi connectivity index (χ0v) is 16.4. The zero-order valence-electron chi connectivity index (χ0n) is 15.6. The van der Waals surface area contributed by atoms with E-state index in [1.165, 1.54) is 17.3 Å². The second kappa shape index (κ2) is 8.92. The zero-order chi connectivity index (χ0) is 19.2. The SMILES string of the molecule is CCC(Sc1nc2c(cc1C#N)CCCC2)C(=O)Nc1ccccc1OC. The molecule has 1 N–H and O–H groups in total. The van der Waals surface area contributed by atoms with Gasteiger partial charge in [-0.05, 0) is 55.9 Å². The number of nitrogens with one attached hydrogen (secondary N) is 1. The summed E-state index contributed by atoms with van der Waals surface area (Å²) >= 11 is 1.37. The molecular weight excluding hydrogens is 358 g/mol. The number of carbonyl (C=O) groups excluding carboxylic acids is 1. The average Bonchev–Trinajstić information content (AvgIpc) is 2.71. The van der Waals surface area contributed by atoms with Crippen molar-refractivity contribution in [1.82, 2.24) is 4.98 Å². The van der Waals surface area contributed by atoms with Crippen molar-refractivity contribution >= 4 is 23.4 Å². The number of aryl methyl sites for hydroxylation is 2. The van der Waals surface area contributed by atoms with E-state index in [0.29, 0.717) is 28.4 Å². The van der Waals surface area contributed by atoms with Crippen molar-refractivity contribution in [3.8, 4) is 11.8 Å². The molecule has 0 bridgehead atoms. The summed E-state index contributed by atoms with van der Waals surface area (Å²) in [6.07, 6.45) is 4.83. The molecular formula is C21H23N3O2S. The van der Waals surface area contributed by atoms with Gasteiger partial charge < -0.3 is 10.1 Å². The summed E-state index contributed by atoms with van der Waals surface area (Å²) in [7, 11) is 1.58. The molecule has 1 amide bonds. The molecule has 27 heavy (non-hydrogen) atoms. The third-order valence-electron chi connectivity index (χ3n) is 4.67. The lowest BCUT2D eigenvalue weighted by molar-refractivity contribution is -0.115. The number of amides is 1. The molecule has 0 saturated heterocycles. The van der Waals surface area contributed by atoms with Crippen LogP contribution in [0, 0.1) is 11.3 Å². The van der Waals surface area contributed by atoms with Crippen LogP contribution in [0.3, 0.4) is 0 Å². The first-order valence-electron chi connectivity index (χ1n) is 9.19. The number of ether oxygens (including phenoxy) is 1. The molecule has 1 aliphatic rings. The van der Waals surface area contributed by atoms with Gasteiger partial charge in [-0.15, -0.1) is 0 Å². The van der Waals surface area contributed by atoms with Crippen molar-refractivity contribution in [3.05, 3.63) is 47.2 Å². The second-order valence-electron chi connectivity index (χ2n) is 6.47. The minimum Gasteiger partial charge on any atom is -0.495 e. The van der Waals surface area contributed by atoms with Gasteiger partial charge in [0.2, 0.25) is 5.91 Å². The Bertz CT molecular complexity index is 876. The molecule has 0 saturated carbocycles. The predicted octanol–water partition coefficient (Wildman–Crippen LogP) is 4.35. The standard InChI is InChI=1S/C21H23N3O2S/c1-3-19(20(25)23-17-10-6-7-11-18(17)26-2)27-21-15(13-22)12-14-8-4-5-9-16(14)24-21/h6-7,10-12,19H,3-5,8-9H2,1-2H3,(H,23,25). The fourth-order valence-electron chi connectivity index (χ4n) is 3.20. The molecule has 0 spiro atoms. The number of anilines is 1. The number of pyridine rings is 1. The first-order valence-corrected chi connectivity index (χ1v) is 10.1. The fourth-order valence-corrected chi connectivity index (χ4v) is 4.20. The number of carbonyl (C=O) groups is 1. The van der Waals surface area contributed by atoms with Gasteiger partial charge in [0.25, 0.3) is 0 Å². The maximum absolute atomic E-state index is 12.8. The maximum Gasteiger partial charge on any atom is 0.238 e. The Labute approximate surface area is 164 Å². The van der Waals surface area contributed by atoms with Crippen molar-refractivity contribution in [1.29, 1.82) is 5.26 Å². The molecule has 1 aliphatic carbocycles. The third-order valence-corrected chi connectivity index (χ3v) is 6.03. The quantitative estimate of drug-likeness (QED) is 0.753. The number of rotatable bonds is 6. The molecule has 3 rings (SSSR count). The molecule has 2 aromatic rings. The van der Waals surface area contributed by atoms with Gasteiger partial charge in [0.05, 0.1) is 23.6 Å². The Hall–Kier alpha value is -2.52. The average molecular weight is 382 g/mol. The third kappa shape index (κ3) is 4.42. The van der Waals surface area contributed by atoms with Crippen molar-refractivity contribution in [2.75, 3.05) is 12.4 Å². The Morgan fingerprint density at radius 2 is 2.15 bits per heavy atom. The predicted molar refractivity (Wildman–Crippen MR) is 107 cm³/mol. The van der Waals surface area contributed by atoms with Crippen molar-refractivity contribution < 1.29 is 9.53 Å². The molecule has 0 aliphatic heterocycles. The van der Waals surface area contributed by atoms with Gasteiger partial charge in [-0.3, -0.25) is 4.79 Å². The molecule has 0 fully saturated rings. The van der Waals surface area contributed by atoms with Gasteiger partial charge in [-0.2, -0.15) is 5.26 Å². The van der Waals surface area contributed by atoms with Crippen LogP contribution in [0.1, 0.15) is 43.0 Å². The number of hydrogen-bond donors (Lipinski definition) is 1. The van der Waals surface area contributed by atoms with E-state index in [2.05, 4.69) is 11.4 Å². The van der Waals surface area contributed by atoms with Crippen molar-refractivity contribution in [2.24, 2.45) is 0 Å². The van der Waals surface area contributed by atoms with Crippen LogP contribution in [-0.4, -0.2) is 23.3 Å².